The second kappa shape index (κ2) is 8.22. The monoisotopic (exact) mass is 334 g/mol. The molecule has 2 heterocycles. The van der Waals surface area contributed by atoms with Gasteiger partial charge < -0.3 is 9.80 Å². The smallest absolute Gasteiger partial charge is 0.198 e. The van der Waals surface area contributed by atoms with Crippen LogP contribution in [0.1, 0.15) is 43.3 Å². The van der Waals surface area contributed by atoms with Crippen LogP contribution >= 0.6 is 11.3 Å². The lowest BCUT2D eigenvalue weighted by atomic mass is 9.90. The third-order valence-corrected chi connectivity index (χ3v) is 5.16. The molecule has 1 saturated heterocycles. The van der Waals surface area contributed by atoms with E-state index in [1.165, 1.54) is 0 Å². The molecule has 1 fully saturated rings. The molecule has 1 aromatic heterocycles. The zero-order valence-corrected chi connectivity index (χ0v) is 15.8. The molecule has 1 aromatic rings. The van der Waals surface area contributed by atoms with Crippen LogP contribution in [-0.4, -0.2) is 55.4 Å². The normalized spacial score (nSPS) is 18.3. The molecule has 3 nitrogen and oxygen atoms in total. The third kappa shape index (κ3) is 6.21. The van der Waals surface area contributed by atoms with Gasteiger partial charge in [0, 0.05) is 32.7 Å². The molecule has 0 atom stereocenters. The summed E-state index contributed by atoms with van der Waals surface area (Å²) in [5.41, 5.74) is 1.20. The molecule has 2 rings (SSSR count). The number of hydrogen-bond donors (Lipinski definition) is 0. The van der Waals surface area contributed by atoms with Crippen LogP contribution in [0.25, 0.3) is 0 Å². The first kappa shape index (κ1) is 18.4. The number of carbonyl (C=O) groups excluding carboxylic acids is 1. The molecular weight excluding hydrogens is 304 g/mol. The molecule has 0 saturated carbocycles. The zero-order valence-electron chi connectivity index (χ0n) is 15.0. The summed E-state index contributed by atoms with van der Waals surface area (Å²) < 4.78 is 0. The van der Waals surface area contributed by atoms with E-state index < -0.39 is 0 Å². The highest BCUT2D eigenvalue weighted by atomic mass is 32.1. The SMILES string of the molecule is CN1CCN(CC/C(=C/CC(C)(C)C)C(=O)c2cccs2)CC1. The van der Waals surface area contributed by atoms with Gasteiger partial charge in [-0.3, -0.25) is 4.79 Å². The van der Waals surface area contributed by atoms with Crippen molar-refractivity contribution >= 4 is 17.1 Å². The maximum absolute atomic E-state index is 12.8. The van der Waals surface area contributed by atoms with Gasteiger partial charge in [0.25, 0.3) is 0 Å². The standard InChI is InChI=1S/C19H30N2OS/c1-19(2,3)9-7-16(18(22)17-6-5-15-23-17)8-10-21-13-11-20(4)12-14-21/h5-7,15H,8-14H2,1-4H3/b16-7-. The molecule has 0 bridgehead atoms. The van der Waals surface area contributed by atoms with Crippen molar-refractivity contribution < 1.29 is 4.79 Å². The summed E-state index contributed by atoms with van der Waals surface area (Å²) in [6.07, 6.45) is 3.98. The molecule has 0 aromatic carbocycles. The Labute approximate surface area is 145 Å². The van der Waals surface area contributed by atoms with E-state index in [1.807, 2.05) is 17.5 Å². The summed E-state index contributed by atoms with van der Waals surface area (Å²) in [6.45, 7) is 12.1. The summed E-state index contributed by atoms with van der Waals surface area (Å²) in [6, 6.07) is 3.90. The summed E-state index contributed by atoms with van der Waals surface area (Å²) in [5, 5.41) is 1.98. The molecule has 1 aliphatic heterocycles. The first-order valence-corrected chi connectivity index (χ1v) is 9.41. The second-order valence-corrected chi connectivity index (χ2v) is 8.64. The molecule has 0 amide bonds. The number of allylic oxidation sites excluding steroid dienone is 1. The topological polar surface area (TPSA) is 23.6 Å². The molecule has 0 aliphatic carbocycles. The van der Waals surface area contributed by atoms with Crippen LogP contribution in [0, 0.1) is 5.41 Å². The molecular formula is C19H30N2OS. The van der Waals surface area contributed by atoms with Gasteiger partial charge in [0.15, 0.2) is 5.78 Å². The van der Waals surface area contributed by atoms with Gasteiger partial charge in [-0.05, 0) is 42.3 Å². The van der Waals surface area contributed by atoms with E-state index in [1.54, 1.807) is 11.3 Å². The molecule has 128 valence electrons. The van der Waals surface area contributed by atoms with Crippen LogP contribution in [0.2, 0.25) is 0 Å². The quantitative estimate of drug-likeness (QED) is 0.582. The van der Waals surface area contributed by atoms with Crippen molar-refractivity contribution in [1.29, 1.82) is 0 Å². The van der Waals surface area contributed by atoms with Gasteiger partial charge in [-0.1, -0.05) is 32.9 Å². The lowest BCUT2D eigenvalue weighted by molar-refractivity contribution is 0.102. The molecule has 23 heavy (non-hydrogen) atoms. The number of nitrogens with zero attached hydrogens (tertiary/aromatic N) is 2. The van der Waals surface area contributed by atoms with Gasteiger partial charge in [0.05, 0.1) is 4.88 Å². The summed E-state index contributed by atoms with van der Waals surface area (Å²) in [4.78, 5) is 18.5. The van der Waals surface area contributed by atoms with E-state index in [-0.39, 0.29) is 11.2 Å². The van der Waals surface area contributed by atoms with E-state index in [9.17, 15) is 4.79 Å². The van der Waals surface area contributed by atoms with Crippen molar-refractivity contribution in [3.63, 3.8) is 0 Å². The van der Waals surface area contributed by atoms with Crippen LogP contribution in [-0.2, 0) is 0 Å². The molecule has 1 aliphatic rings. The van der Waals surface area contributed by atoms with Crippen molar-refractivity contribution in [3.8, 4) is 0 Å². The fourth-order valence-electron chi connectivity index (χ4n) is 2.65. The van der Waals surface area contributed by atoms with Gasteiger partial charge >= 0.3 is 0 Å². The molecule has 0 N–H and O–H groups in total. The van der Waals surface area contributed by atoms with Crippen LogP contribution in [0.3, 0.4) is 0 Å². The van der Waals surface area contributed by atoms with Crippen molar-refractivity contribution in [2.45, 2.75) is 33.6 Å². The Bertz CT molecular complexity index is 520. The number of likely N-dealkylation sites (N-methyl/N-ethyl adjacent to an activating group) is 1. The maximum atomic E-state index is 12.8. The van der Waals surface area contributed by atoms with Crippen LogP contribution in [0.5, 0.6) is 0 Å². The van der Waals surface area contributed by atoms with Crippen molar-refractivity contribution in [2.24, 2.45) is 5.41 Å². The van der Waals surface area contributed by atoms with Gasteiger partial charge in [-0.25, -0.2) is 0 Å². The number of carbonyl (C=O) groups is 1. The molecule has 0 radical (unpaired) electrons. The molecule has 0 unspecified atom stereocenters. The van der Waals surface area contributed by atoms with E-state index in [4.69, 9.17) is 0 Å². The Morgan fingerprint density at radius 1 is 1.26 bits per heavy atom. The maximum Gasteiger partial charge on any atom is 0.198 e. The lowest BCUT2D eigenvalue weighted by Gasteiger charge is -2.32. The van der Waals surface area contributed by atoms with Crippen LogP contribution in [0.4, 0.5) is 0 Å². The number of thiophene rings is 1. The van der Waals surface area contributed by atoms with E-state index in [0.29, 0.717) is 0 Å². The van der Waals surface area contributed by atoms with Gasteiger partial charge in [-0.15, -0.1) is 11.3 Å². The van der Waals surface area contributed by atoms with Crippen molar-refractivity contribution in [3.05, 3.63) is 34.0 Å². The fourth-order valence-corrected chi connectivity index (χ4v) is 3.35. The predicted molar refractivity (Wildman–Crippen MR) is 99.4 cm³/mol. The summed E-state index contributed by atoms with van der Waals surface area (Å²) in [7, 11) is 2.17. The van der Waals surface area contributed by atoms with E-state index in [0.717, 1.165) is 56.0 Å². The highest BCUT2D eigenvalue weighted by Gasteiger charge is 2.18. The van der Waals surface area contributed by atoms with E-state index >= 15 is 0 Å². The molecule has 0 spiro atoms. The highest BCUT2D eigenvalue weighted by Crippen LogP contribution is 2.23. The minimum atomic E-state index is 0.217. The number of rotatable bonds is 6. The second-order valence-electron chi connectivity index (χ2n) is 7.70. The highest BCUT2D eigenvalue weighted by molar-refractivity contribution is 7.12. The average Bonchev–Trinajstić information content (AvgIpc) is 3.01. The minimum absolute atomic E-state index is 0.217. The Morgan fingerprint density at radius 2 is 1.96 bits per heavy atom. The number of ketones is 1. The average molecular weight is 335 g/mol. The van der Waals surface area contributed by atoms with Crippen LogP contribution in [0.15, 0.2) is 29.2 Å². The lowest BCUT2D eigenvalue weighted by Crippen LogP contribution is -2.44. The Balaban J connectivity index is 2.00. The Kier molecular flexibility index (Phi) is 6.57. The van der Waals surface area contributed by atoms with Crippen molar-refractivity contribution in [1.82, 2.24) is 9.80 Å². The Hall–Kier alpha value is -0.970. The van der Waals surface area contributed by atoms with Gasteiger partial charge in [-0.2, -0.15) is 0 Å². The fraction of sp³-hybridized carbons (Fsp3) is 0.632. The van der Waals surface area contributed by atoms with E-state index in [2.05, 4.69) is 43.7 Å². The first-order valence-electron chi connectivity index (χ1n) is 8.53. The van der Waals surface area contributed by atoms with Gasteiger partial charge in [0.1, 0.15) is 0 Å². The zero-order chi connectivity index (χ0) is 16.9. The summed E-state index contributed by atoms with van der Waals surface area (Å²) >= 11 is 1.54. The predicted octanol–water partition coefficient (Wildman–Crippen LogP) is 3.93. The van der Waals surface area contributed by atoms with Crippen LogP contribution < -0.4 is 0 Å². The number of hydrogen-bond acceptors (Lipinski definition) is 4. The Morgan fingerprint density at radius 3 is 2.52 bits per heavy atom. The number of Topliss-reactive ketones (excluding diaryl/α,β-unsaturated/α-hetero) is 1. The van der Waals surface area contributed by atoms with Gasteiger partial charge in [0.2, 0.25) is 0 Å². The largest absolute Gasteiger partial charge is 0.304 e. The third-order valence-electron chi connectivity index (χ3n) is 4.29. The summed E-state index contributed by atoms with van der Waals surface area (Å²) in [5.74, 6) is 0.221. The molecule has 4 heteroatoms. The van der Waals surface area contributed by atoms with Crippen molar-refractivity contribution in [2.75, 3.05) is 39.8 Å². The number of piperazine rings is 1. The minimum Gasteiger partial charge on any atom is -0.304 e. The first-order chi connectivity index (χ1) is 10.8.